The Morgan fingerprint density at radius 2 is 1.75 bits per heavy atom. The van der Waals surface area contributed by atoms with Crippen LogP contribution in [0.15, 0.2) is 48.5 Å². The molecule has 0 saturated heterocycles. The minimum absolute atomic E-state index is 0.0280. The van der Waals surface area contributed by atoms with Crippen molar-refractivity contribution >= 4 is 5.91 Å². The number of aromatic hydroxyl groups is 1. The molecule has 4 nitrogen and oxygen atoms in total. The van der Waals surface area contributed by atoms with Gasteiger partial charge in [0.2, 0.25) is 0 Å². The number of phenols is 1. The molecule has 2 N–H and O–H groups in total. The largest absolute Gasteiger partial charge is 0.508 e. The second kappa shape index (κ2) is 8.96. The van der Waals surface area contributed by atoms with Gasteiger partial charge in [-0.15, -0.1) is 0 Å². The van der Waals surface area contributed by atoms with Gasteiger partial charge in [-0.25, -0.2) is 0 Å². The zero-order chi connectivity index (χ0) is 17.4. The molecule has 0 aromatic heterocycles. The van der Waals surface area contributed by atoms with Crippen molar-refractivity contribution in [3.63, 3.8) is 0 Å². The van der Waals surface area contributed by atoms with Gasteiger partial charge in [-0.2, -0.15) is 0 Å². The lowest BCUT2D eigenvalue weighted by molar-refractivity contribution is -0.123. The summed E-state index contributed by atoms with van der Waals surface area (Å²) in [4.78, 5) is 11.8. The topological polar surface area (TPSA) is 58.6 Å². The molecular weight excluding hydrogens is 302 g/mol. The van der Waals surface area contributed by atoms with E-state index in [-0.39, 0.29) is 18.3 Å². The van der Waals surface area contributed by atoms with Crippen LogP contribution in [-0.4, -0.2) is 24.2 Å². The van der Waals surface area contributed by atoms with Crippen molar-refractivity contribution in [1.82, 2.24) is 5.32 Å². The van der Waals surface area contributed by atoms with Crippen LogP contribution < -0.4 is 10.1 Å². The third-order valence-electron chi connectivity index (χ3n) is 3.82. The zero-order valence-electron chi connectivity index (χ0n) is 14.3. The van der Waals surface area contributed by atoms with E-state index in [0.29, 0.717) is 18.2 Å². The van der Waals surface area contributed by atoms with Gasteiger partial charge in [-0.3, -0.25) is 4.79 Å². The summed E-state index contributed by atoms with van der Waals surface area (Å²) >= 11 is 0. The molecule has 0 fully saturated rings. The minimum Gasteiger partial charge on any atom is -0.508 e. The Bertz CT molecular complexity index is 633. The summed E-state index contributed by atoms with van der Waals surface area (Å²) in [6.07, 6.45) is 1.71. The lowest BCUT2D eigenvalue weighted by Crippen LogP contribution is -2.29. The van der Waals surface area contributed by atoms with Gasteiger partial charge in [0.15, 0.2) is 6.61 Å². The highest BCUT2D eigenvalue weighted by Gasteiger charge is 2.04. The molecule has 0 unspecified atom stereocenters. The molecule has 0 aliphatic carbocycles. The zero-order valence-corrected chi connectivity index (χ0v) is 14.3. The van der Waals surface area contributed by atoms with E-state index in [1.165, 1.54) is 5.56 Å². The number of hydrogen-bond acceptors (Lipinski definition) is 3. The highest BCUT2D eigenvalue weighted by atomic mass is 16.5. The van der Waals surface area contributed by atoms with Crippen molar-refractivity contribution in [3.8, 4) is 11.5 Å². The molecule has 2 aromatic rings. The van der Waals surface area contributed by atoms with Crippen LogP contribution in [0.4, 0.5) is 0 Å². The Morgan fingerprint density at radius 3 is 2.38 bits per heavy atom. The van der Waals surface area contributed by atoms with Gasteiger partial charge < -0.3 is 15.2 Å². The molecule has 0 aliphatic heterocycles. The highest BCUT2D eigenvalue weighted by molar-refractivity contribution is 5.77. The molecule has 1 amide bonds. The number of aryl methyl sites for hydroxylation is 1. The molecule has 4 heteroatoms. The van der Waals surface area contributed by atoms with E-state index in [4.69, 9.17) is 4.74 Å². The molecule has 0 radical (unpaired) electrons. The third-order valence-corrected chi connectivity index (χ3v) is 3.82. The second-order valence-corrected chi connectivity index (χ2v) is 6.13. The highest BCUT2D eigenvalue weighted by Crippen LogP contribution is 2.18. The standard InChI is InChI=1S/C20H25NO3/c1-15(2)17-7-11-19(12-8-17)24-14-20(23)21-13-3-4-16-5-9-18(22)10-6-16/h5-12,15,22H,3-4,13-14H2,1-2H3,(H,21,23). The van der Waals surface area contributed by atoms with Crippen LogP contribution >= 0.6 is 0 Å². The van der Waals surface area contributed by atoms with E-state index in [1.54, 1.807) is 12.1 Å². The summed E-state index contributed by atoms with van der Waals surface area (Å²) in [6.45, 7) is 4.92. The molecule has 0 spiro atoms. The third kappa shape index (κ3) is 5.95. The van der Waals surface area contributed by atoms with E-state index in [0.717, 1.165) is 18.4 Å². The maximum atomic E-state index is 11.8. The van der Waals surface area contributed by atoms with E-state index in [1.807, 2.05) is 36.4 Å². The maximum Gasteiger partial charge on any atom is 0.257 e. The Balaban J connectivity index is 1.63. The van der Waals surface area contributed by atoms with E-state index in [9.17, 15) is 9.90 Å². The van der Waals surface area contributed by atoms with Crippen molar-refractivity contribution in [3.05, 3.63) is 59.7 Å². The van der Waals surface area contributed by atoms with Crippen LogP contribution in [-0.2, 0) is 11.2 Å². The van der Waals surface area contributed by atoms with E-state index in [2.05, 4.69) is 19.2 Å². The molecule has 2 rings (SSSR count). The molecule has 0 atom stereocenters. The van der Waals surface area contributed by atoms with Gasteiger partial charge in [0.1, 0.15) is 11.5 Å². The molecule has 2 aromatic carbocycles. The lowest BCUT2D eigenvalue weighted by Gasteiger charge is -2.09. The van der Waals surface area contributed by atoms with Crippen molar-refractivity contribution in [1.29, 1.82) is 0 Å². The number of rotatable bonds is 8. The average molecular weight is 327 g/mol. The molecule has 24 heavy (non-hydrogen) atoms. The van der Waals surface area contributed by atoms with Crippen molar-refractivity contribution < 1.29 is 14.6 Å². The first kappa shape index (κ1) is 17.9. The van der Waals surface area contributed by atoms with E-state index < -0.39 is 0 Å². The summed E-state index contributed by atoms with van der Waals surface area (Å²) in [6, 6.07) is 15.0. The van der Waals surface area contributed by atoms with Crippen LogP contribution in [0.25, 0.3) is 0 Å². The van der Waals surface area contributed by atoms with Gasteiger partial charge in [0.05, 0.1) is 0 Å². The second-order valence-electron chi connectivity index (χ2n) is 6.13. The summed E-state index contributed by atoms with van der Waals surface area (Å²) in [5, 5.41) is 12.1. The number of benzene rings is 2. The number of hydrogen-bond donors (Lipinski definition) is 2. The molecule has 0 heterocycles. The summed E-state index contributed by atoms with van der Waals surface area (Å²) in [7, 11) is 0. The fourth-order valence-corrected chi connectivity index (χ4v) is 2.33. The summed E-state index contributed by atoms with van der Waals surface area (Å²) in [5.74, 6) is 1.34. The van der Waals surface area contributed by atoms with Crippen molar-refractivity contribution in [2.45, 2.75) is 32.6 Å². The number of ether oxygens (including phenoxy) is 1. The van der Waals surface area contributed by atoms with E-state index >= 15 is 0 Å². The predicted molar refractivity (Wildman–Crippen MR) is 95.5 cm³/mol. The Labute approximate surface area is 143 Å². The predicted octanol–water partition coefficient (Wildman–Crippen LogP) is 3.64. The normalized spacial score (nSPS) is 10.6. The Morgan fingerprint density at radius 1 is 1.08 bits per heavy atom. The van der Waals surface area contributed by atoms with Gasteiger partial charge in [-0.1, -0.05) is 38.1 Å². The van der Waals surface area contributed by atoms with Crippen LogP contribution in [0.1, 0.15) is 37.3 Å². The number of phenolic OH excluding ortho intramolecular Hbond substituents is 1. The quantitative estimate of drug-likeness (QED) is 0.728. The van der Waals surface area contributed by atoms with Crippen molar-refractivity contribution in [2.75, 3.05) is 13.2 Å². The van der Waals surface area contributed by atoms with Gasteiger partial charge in [-0.05, 0) is 54.2 Å². The first-order valence-electron chi connectivity index (χ1n) is 8.32. The van der Waals surface area contributed by atoms with Crippen LogP contribution in [0, 0.1) is 0 Å². The summed E-state index contributed by atoms with van der Waals surface area (Å²) in [5.41, 5.74) is 2.39. The smallest absolute Gasteiger partial charge is 0.257 e. The fraction of sp³-hybridized carbons (Fsp3) is 0.350. The monoisotopic (exact) mass is 327 g/mol. The molecular formula is C20H25NO3. The Kier molecular flexibility index (Phi) is 6.67. The van der Waals surface area contributed by atoms with Crippen molar-refractivity contribution in [2.24, 2.45) is 0 Å². The molecule has 0 saturated carbocycles. The minimum atomic E-state index is -0.117. The average Bonchev–Trinajstić information content (AvgIpc) is 2.59. The number of carbonyl (C=O) groups is 1. The van der Waals surface area contributed by atoms with Gasteiger partial charge >= 0.3 is 0 Å². The number of nitrogens with one attached hydrogen (secondary N) is 1. The molecule has 0 aliphatic rings. The first-order chi connectivity index (χ1) is 11.5. The first-order valence-corrected chi connectivity index (χ1v) is 8.32. The molecule has 0 bridgehead atoms. The summed E-state index contributed by atoms with van der Waals surface area (Å²) < 4.78 is 5.49. The van der Waals surface area contributed by atoms with Crippen LogP contribution in [0.3, 0.4) is 0 Å². The van der Waals surface area contributed by atoms with Gasteiger partial charge in [0.25, 0.3) is 5.91 Å². The fourth-order valence-electron chi connectivity index (χ4n) is 2.33. The number of carbonyl (C=O) groups excluding carboxylic acids is 1. The van der Waals surface area contributed by atoms with Crippen LogP contribution in [0.5, 0.6) is 11.5 Å². The van der Waals surface area contributed by atoms with Gasteiger partial charge in [0, 0.05) is 6.54 Å². The SMILES string of the molecule is CC(C)c1ccc(OCC(=O)NCCCc2ccc(O)cc2)cc1. The maximum absolute atomic E-state index is 11.8. The lowest BCUT2D eigenvalue weighted by atomic mass is 10.0. The van der Waals surface area contributed by atoms with Crippen LogP contribution in [0.2, 0.25) is 0 Å². The Hall–Kier alpha value is -2.49. The number of amides is 1. The molecule has 128 valence electrons.